The highest BCUT2D eigenvalue weighted by Crippen LogP contribution is 2.28. The first-order valence-electron chi connectivity index (χ1n) is 5.87. The van der Waals surface area contributed by atoms with Crippen LogP contribution in [0.5, 0.6) is 0 Å². The van der Waals surface area contributed by atoms with Gasteiger partial charge >= 0.3 is 0 Å². The van der Waals surface area contributed by atoms with E-state index in [1.54, 1.807) is 0 Å². The molecule has 86 valence electrons. The standard InChI is InChI=1S/C13H18N2O/c1-3-15(4-2)12-11(14-13(12)16)10-8-6-5-7-9-10/h5-9,11-12H,3-4H2,1-2H3,(H,14,16)/t11-,12-/m0/s1. The lowest BCUT2D eigenvalue weighted by atomic mass is 9.90. The van der Waals surface area contributed by atoms with Crippen LogP contribution in [-0.2, 0) is 4.79 Å². The average Bonchev–Trinajstić information content (AvgIpc) is 2.33. The van der Waals surface area contributed by atoms with E-state index >= 15 is 0 Å². The summed E-state index contributed by atoms with van der Waals surface area (Å²) < 4.78 is 0. The van der Waals surface area contributed by atoms with E-state index in [-0.39, 0.29) is 18.0 Å². The van der Waals surface area contributed by atoms with Crippen molar-refractivity contribution in [2.45, 2.75) is 25.9 Å². The van der Waals surface area contributed by atoms with Crippen molar-refractivity contribution in [1.82, 2.24) is 10.2 Å². The van der Waals surface area contributed by atoms with Crippen LogP contribution in [0.4, 0.5) is 0 Å². The fourth-order valence-electron chi connectivity index (χ4n) is 2.29. The molecule has 1 N–H and O–H groups in total. The molecule has 1 aliphatic heterocycles. The summed E-state index contributed by atoms with van der Waals surface area (Å²) in [5, 5.41) is 2.98. The molecular weight excluding hydrogens is 200 g/mol. The Labute approximate surface area is 96.5 Å². The van der Waals surface area contributed by atoms with Crippen LogP contribution in [0.2, 0.25) is 0 Å². The molecule has 0 aliphatic carbocycles. The van der Waals surface area contributed by atoms with E-state index < -0.39 is 0 Å². The number of β-lactam (4-membered cyclic amide) rings is 1. The number of likely N-dealkylation sites (N-methyl/N-ethyl adjacent to an activating group) is 1. The van der Waals surface area contributed by atoms with Crippen LogP contribution >= 0.6 is 0 Å². The predicted octanol–water partition coefficient (Wildman–Crippen LogP) is 1.57. The van der Waals surface area contributed by atoms with E-state index in [1.165, 1.54) is 5.56 Å². The lowest BCUT2D eigenvalue weighted by molar-refractivity contribution is -0.137. The third kappa shape index (κ3) is 1.83. The molecule has 3 nitrogen and oxygen atoms in total. The maximum Gasteiger partial charge on any atom is 0.240 e. The first-order chi connectivity index (χ1) is 7.77. The van der Waals surface area contributed by atoms with Crippen molar-refractivity contribution < 1.29 is 4.79 Å². The minimum absolute atomic E-state index is 0.0115. The normalized spacial score (nSPS) is 24.1. The summed E-state index contributed by atoms with van der Waals surface area (Å²) in [6, 6.07) is 10.3. The molecular formula is C13H18N2O. The number of carbonyl (C=O) groups is 1. The number of carbonyl (C=O) groups excluding carboxylic acids is 1. The number of benzene rings is 1. The van der Waals surface area contributed by atoms with Crippen molar-refractivity contribution in [3.05, 3.63) is 35.9 Å². The topological polar surface area (TPSA) is 32.3 Å². The Kier molecular flexibility index (Phi) is 3.25. The summed E-state index contributed by atoms with van der Waals surface area (Å²) in [6.07, 6.45) is 0. The van der Waals surface area contributed by atoms with Crippen molar-refractivity contribution in [3.63, 3.8) is 0 Å². The van der Waals surface area contributed by atoms with Crippen molar-refractivity contribution in [1.29, 1.82) is 0 Å². The van der Waals surface area contributed by atoms with E-state index in [2.05, 4.69) is 36.2 Å². The van der Waals surface area contributed by atoms with Gasteiger partial charge in [0.25, 0.3) is 0 Å². The average molecular weight is 218 g/mol. The molecule has 0 aromatic heterocycles. The van der Waals surface area contributed by atoms with Gasteiger partial charge in [-0.2, -0.15) is 0 Å². The van der Waals surface area contributed by atoms with Crippen LogP contribution in [0.3, 0.4) is 0 Å². The largest absolute Gasteiger partial charge is 0.346 e. The van der Waals surface area contributed by atoms with Crippen LogP contribution < -0.4 is 5.32 Å². The van der Waals surface area contributed by atoms with Gasteiger partial charge in [-0.3, -0.25) is 9.69 Å². The number of hydrogen-bond donors (Lipinski definition) is 1. The second-order valence-corrected chi connectivity index (χ2v) is 4.06. The van der Waals surface area contributed by atoms with E-state index in [9.17, 15) is 4.79 Å². The fraction of sp³-hybridized carbons (Fsp3) is 0.462. The lowest BCUT2D eigenvalue weighted by Crippen LogP contribution is -2.63. The second kappa shape index (κ2) is 4.66. The lowest BCUT2D eigenvalue weighted by Gasteiger charge is -2.43. The van der Waals surface area contributed by atoms with E-state index in [4.69, 9.17) is 0 Å². The molecule has 0 unspecified atom stereocenters. The molecule has 2 rings (SSSR count). The molecule has 16 heavy (non-hydrogen) atoms. The SMILES string of the molecule is CCN(CC)[C@@H]1C(=O)N[C@H]1c1ccccc1. The molecule has 1 aromatic carbocycles. The van der Waals surface area contributed by atoms with Gasteiger partial charge < -0.3 is 5.32 Å². The van der Waals surface area contributed by atoms with E-state index in [1.807, 2.05) is 18.2 Å². The molecule has 1 aromatic rings. The zero-order chi connectivity index (χ0) is 11.5. The minimum Gasteiger partial charge on any atom is -0.346 e. The Hall–Kier alpha value is -1.35. The predicted molar refractivity (Wildman–Crippen MR) is 64.0 cm³/mol. The molecule has 1 amide bonds. The Morgan fingerprint density at radius 1 is 1.19 bits per heavy atom. The smallest absolute Gasteiger partial charge is 0.240 e. The van der Waals surface area contributed by atoms with Gasteiger partial charge in [-0.25, -0.2) is 0 Å². The van der Waals surface area contributed by atoms with Gasteiger partial charge in [-0.15, -0.1) is 0 Å². The molecule has 1 aliphatic rings. The summed E-state index contributed by atoms with van der Waals surface area (Å²) in [7, 11) is 0. The van der Waals surface area contributed by atoms with Gasteiger partial charge in [0.2, 0.25) is 5.91 Å². The summed E-state index contributed by atoms with van der Waals surface area (Å²) in [5.41, 5.74) is 1.19. The zero-order valence-electron chi connectivity index (χ0n) is 9.81. The van der Waals surface area contributed by atoms with Gasteiger partial charge in [-0.05, 0) is 18.7 Å². The fourth-order valence-corrected chi connectivity index (χ4v) is 2.29. The van der Waals surface area contributed by atoms with Gasteiger partial charge in [0.15, 0.2) is 0 Å². The Bertz CT molecular complexity index is 359. The quantitative estimate of drug-likeness (QED) is 0.778. The maximum atomic E-state index is 11.6. The minimum atomic E-state index is 0.0115. The zero-order valence-corrected chi connectivity index (χ0v) is 9.81. The Morgan fingerprint density at radius 3 is 2.31 bits per heavy atom. The second-order valence-electron chi connectivity index (χ2n) is 4.06. The van der Waals surface area contributed by atoms with Crippen LogP contribution in [0.25, 0.3) is 0 Å². The molecule has 1 heterocycles. The summed E-state index contributed by atoms with van der Waals surface area (Å²) in [6.45, 7) is 6.02. The molecule has 3 heteroatoms. The van der Waals surface area contributed by atoms with Gasteiger partial charge in [0, 0.05) is 0 Å². The first-order valence-corrected chi connectivity index (χ1v) is 5.87. The van der Waals surface area contributed by atoms with Crippen LogP contribution in [0.15, 0.2) is 30.3 Å². The highest BCUT2D eigenvalue weighted by Gasteiger charge is 2.42. The number of hydrogen-bond acceptors (Lipinski definition) is 2. The van der Waals surface area contributed by atoms with Crippen LogP contribution in [-0.4, -0.2) is 29.9 Å². The molecule has 0 radical (unpaired) electrons. The third-order valence-electron chi connectivity index (χ3n) is 3.25. The maximum absolute atomic E-state index is 11.6. The number of nitrogens with one attached hydrogen (secondary N) is 1. The molecule has 1 fully saturated rings. The van der Waals surface area contributed by atoms with E-state index in [0.29, 0.717) is 0 Å². The van der Waals surface area contributed by atoms with Crippen LogP contribution in [0, 0.1) is 0 Å². The third-order valence-corrected chi connectivity index (χ3v) is 3.25. The van der Waals surface area contributed by atoms with Gasteiger partial charge in [0.05, 0.1) is 6.04 Å². The van der Waals surface area contributed by atoms with Crippen molar-refractivity contribution in [3.8, 4) is 0 Å². The monoisotopic (exact) mass is 218 g/mol. The van der Waals surface area contributed by atoms with Gasteiger partial charge in [-0.1, -0.05) is 44.2 Å². The van der Waals surface area contributed by atoms with Crippen molar-refractivity contribution >= 4 is 5.91 Å². The number of rotatable bonds is 4. The summed E-state index contributed by atoms with van der Waals surface area (Å²) >= 11 is 0. The highest BCUT2D eigenvalue weighted by molar-refractivity contribution is 5.89. The van der Waals surface area contributed by atoms with Crippen LogP contribution in [0.1, 0.15) is 25.5 Å². The summed E-state index contributed by atoms with van der Waals surface area (Å²) in [4.78, 5) is 13.8. The molecule has 2 atom stereocenters. The number of nitrogens with zero attached hydrogens (tertiary/aromatic N) is 1. The Morgan fingerprint density at radius 2 is 1.81 bits per heavy atom. The Balaban J connectivity index is 2.16. The van der Waals surface area contributed by atoms with Gasteiger partial charge in [0.1, 0.15) is 6.04 Å². The molecule has 1 saturated heterocycles. The highest BCUT2D eigenvalue weighted by atomic mass is 16.2. The van der Waals surface area contributed by atoms with E-state index in [0.717, 1.165) is 13.1 Å². The van der Waals surface area contributed by atoms with Crippen molar-refractivity contribution in [2.24, 2.45) is 0 Å². The summed E-state index contributed by atoms with van der Waals surface area (Å²) in [5.74, 6) is 0.151. The first kappa shape index (κ1) is 11.1. The molecule has 0 spiro atoms. The molecule has 0 bridgehead atoms. The van der Waals surface area contributed by atoms with Crippen molar-refractivity contribution in [2.75, 3.05) is 13.1 Å². The molecule has 0 saturated carbocycles. The number of amides is 1.